The van der Waals surface area contributed by atoms with E-state index in [-0.39, 0.29) is 0 Å². The van der Waals surface area contributed by atoms with Gasteiger partial charge in [-0.25, -0.2) is 0 Å². The Balaban J connectivity index is 1.77. The van der Waals surface area contributed by atoms with E-state index in [9.17, 15) is 0 Å². The lowest BCUT2D eigenvalue weighted by atomic mass is 9.95. The molecule has 0 unspecified atom stereocenters. The van der Waals surface area contributed by atoms with Gasteiger partial charge < -0.3 is 13.5 Å². The molecule has 1 aliphatic rings. The van der Waals surface area contributed by atoms with Crippen LogP contribution in [0.2, 0.25) is 0 Å². The van der Waals surface area contributed by atoms with E-state index in [2.05, 4.69) is 15.3 Å². The van der Waals surface area contributed by atoms with Gasteiger partial charge in [0, 0.05) is 12.0 Å². The van der Waals surface area contributed by atoms with Gasteiger partial charge in [-0.1, -0.05) is 10.3 Å². The molecule has 3 aromatic rings. The van der Waals surface area contributed by atoms with Gasteiger partial charge in [-0.2, -0.15) is 4.98 Å². The maximum Gasteiger partial charge on any atom is 0.261 e. The van der Waals surface area contributed by atoms with Crippen LogP contribution in [0, 0.1) is 13.8 Å². The quantitative estimate of drug-likeness (QED) is 0.717. The van der Waals surface area contributed by atoms with Crippen molar-refractivity contribution in [3.8, 4) is 22.8 Å². The zero-order chi connectivity index (χ0) is 14.4. The number of aryl methyl sites for hydroxylation is 3. The molecule has 4 rings (SSSR count). The van der Waals surface area contributed by atoms with Crippen molar-refractivity contribution in [2.24, 2.45) is 0 Å². The number of hydrogen-bond donors (Lipinski definition) is 0. The summed E-state index contributed by atoms with van der Waals surface area (Å²) in [5, 5.41) is 7.98. The van der Waals surface area contributed by atoms with E-state index < -0.39 is 0 Å². The van der Waals surface area contributed by atoms with Crippen LogP contribution in [0.5, 0.6) is 0 Å². The Labute approximate surface area is 121 Å². The van der Waals surface area contributed by atoms with E-state index in [0.29, 0.717) is 17.5 Å². The third-order valence-electron chi connectivity index (χ3n) is 3.97. The molecule has 0 atom stereocenters. The summed E-state index contributed by atoms with van der Waals surface area (Å²) in [5.41, 5.74) is 3.67. The molecule has 0 saturated heterocycles. The number of fused-ring (bicyclic) bond motifs is 1. The molecule has 0 N–H and O–H groups in total. The van der Waals surface area contributed by atoms with E-state index >= 15 is 0 Å². The predicted molar refractivity (Wildman–Crippen MR) is 73.6 cm³/mol. The zero-order valence-corrected chi connectivity index (χ0v) is 12.0. The molecule has 1 aliphatic carbocycles. The fourth-order valence-corrected chi connectivity index (χ4v) is 2.91. The van der Waals surface area contributed by atoms with Crippen LogP contribution in [0.4, 0.5) is 0 Å². The van der Waals surface area contributed by atoms with Gasteiger partial charge in [-0.15, -0.1) is 0 Å². The fraction of sp³-hybridized carbons (Fsp3) is 0.400. The van der Waals surface area contributed by atoms with E-state index in [1.807, 2.05) is 13.8 Å². The van der Waals surface area contributed by atoms with Crippen LogP contribution in [-0.2, 0) is 12.8 Å². The molecule has 21 heavy (non-hydrogen) atoms. The Morgan fingerprint density at radius 3 is 2.71 bits per heavy atom. The first-order chi connectivity index (χ1) is 10.2. The Hall–Kier alpha value is -2.37. The Morgan fingerprint density at radius 1 is 1.05 bits per heavy atom. The molecule has 0 bridgehead atoms. The van der Waals surface area contributed by atoms with Crippen molar-refractivity contribution in [1.82, 2.24) is 15.3 Å². The standard InChI is InChI=1S/C15H15N3O3/c1-8-13(9(2)20-17-8)14-16-15(21-18-14)11-7-19-12-6-4-3-5-10(11)12/h7H,3-6H2,1-2H3. The lowest BCUT2D eigenvalue weighted by Crippen LogP contribution is -1.99. The fourth-order valence-electron chi connectivity index (χ4n) is 2.91. The van der Waals surface area contributed by atoms with Crippen LogP contribution in [0.15, 0.2) is 19.7 Å². The summed E-state index contributed by atoms with van der Waals surface area (Å²) in [7, 11) is 0. The molecule has 6 nitrogen and oxygen atoms in total. The van der Waals surface area contributed by atoms with E-state index in [1.165, 1.54) is 18.4 Å². The predicted octanol–water partition coefficient (Wildman–Crippen LogP) is 3.48. The molecule has 0 amide bonds. The topological polar surface area (TPSA) is 78.1 Å². The highest BCUT2D eigenvalue weighted by atomic mass is 16.5. The van der Waals surface area contributed by atoms with Gasteiger partial charge >= 0.3 is 0 Å². The number of aromatic nitrogens is 3. The summed E-state index contributed by atoms with van der Waals surface area (Å²) in [6.07, 6.45) is 6.06. The van der Waals surface area contributed by atoms with Crippen LogP contribution >= 0.6 is 0 Å². The van der Waals surface area contributed by atoms with Gasteiger partial charge in [0.15, 0.2) is 0 Å². The highest BCUT2D eigenvalue weighted by Crippen LogP contribution is 2.34. The second kappa shape index (κ2) is 4.58. The maximum atomic E-state index is 5.63. The van der Waals surface area contributed by atoms with E-state index in [0.717, 1.165) is 35.4 Å². The van der Waals surface area contributed by atoms with Crippen molar-refractivity contribution in [1.29, 1.82) is 0 Å². The Bertz CT molecular complexity index is 778. The van der Waals surface area contributed by atoms with Gasteiger partial charge in [0.25, 0.3) is 5.89 Å². The molecular formula is C15H15N3O3. The molecule has 0 aliphatic heterocycles. The average Bonchev–Trinajstić information content (AvgIpc) is 3.17. The van der Waals surface area contributed by atoms with Gasteiger partial charge in [0.1, 0.15) is 17.8 Å². The SMILES string of the molecule is Cc1noc(C)c1-c1noc(-c2coc3c2CCCC3)n1. The third-order valence-corrected chi connectivity index (χ3v) is 3.97. The lowest BCUT2D eigenvalue weighted by Gasteiger charge is -2.09. The smallest absolute Gasteiger partial charge is 0.261 e. The van der Waals surface area contributed by atoms with Gasteiger partial charge in [-0.3, -0.25) is 0 Å². The van der Waals surface area contributed by atoms with Crippen LogP contribution in [0.1, 0.15) is 35.6 Å². The molecular weight excluding hydrogens is 270 g/mol. The normalized spacial score (nSPS) is 14.4. The van der Waals surface area contributed by atoms with Crippen molar-refractivity contribution < 1.29 is 13.5 Å². The van der Waals surface area contributed by atoms with Crippen molar-refractivity contribution in [3.63, 3.8) is 0 Å². The molecule has 0 spiro atoms. The lowest BCUT2D eigenvalue weighted by molar-refractivity contribution is 0.393. The Kier molecular flexibility index (Phi) is 2.70. The minimum absolute atomic E-state index is 0.497. The monoisotopic (exact) mass is 285 g/mol. The minimum Gasteiger partial charge on any atom is -0.468 e. The summed E-state index contributed by atoms with van der Waals surface area (Å²) >= 11 is 0. The van der Waals surface area contributed by atoms with Gasteiger partial charge in [0.05, 0.1) is 16.8 Å². The minimum atomic E-state index is 0.497. The maximum absolute atomic E-state index is 5.63. The highest BCUT2D eigenvalue weighted by Gasteiger charge is 2.24. The first-order valence-electron chi connectivity index (χ1n) is 7.10. The average molecular weight is 285 g/mol. The number of nitrogens with zero attached hydrogens (tertiary/aromatic N) is 3. The molecule has 6 heteroatoms. The van der Waals surface area contributed by atoms with Gasteiger partial charge in [-0.05, 0) is 33.1 Å². The van der Waals surface area contributed by atoms with Crippen molar-refractivity contribution in [2.75, 3.05) is 0 Å². The zero-order valence-electron chi connectivity index (χ0n) is 12.0. The Morgan fingerprint density at radius 2 is 1.90 bits per heavy atom. The number of rotatable bonds is 2. The summed E-state index contributed by atoms with van der Waals surface area (Å²) < 4.78 is 16.2. The number of hydrogen-bond acceptors (Lipinski definition) is 6. The summed E-state index contributed by atoms with van der Waals surface area (Å²) in [5.74, 6) is 2.74. The molecule has 0 fully saturated rings. The van der Waals surface area contributed by atoms with Crippen molar-refractivity contribution in [2.45, 2.75) is 39.5 Å². The first-order valence-corrected chi connectivity index (χ1v) is 7.10. The van der Waals surface area contributed by atoms with Gasteiger partial charge in [0.2, 0.25) is 5.82 Å². The van der Waals surface area contributed by atoms with E-state index in [1.54, 1.807) is 6.26 Å². The number of furan rings is 1. The van der Waals surface area contributed by atoms with Crippen LogP contribution in [0.3, 0.4) is 0 Å². The molecule has 0 radical (unpaired) electrons. The highest BCUT2D eigenvalue weighted by molar-refractivity contribution is 5.64. The third kappa shape index (κ3) is 1.90. The molecule has 0 aromatic carbocycles. The first kappa shape index (κ1) is 12.4. The van der Waals surface area contributed by atoms with Crippen molar-refractivity contribution >= 4 is 0 Å². The summed E-state index contributed by atoms with van der Waals surface area (Å²) in [6, 6.07) is 0. The second-order valence-electron chi connectivity index (χ2n) is 5.38. The molecule has 108 valence electrons. The summed E-state index contributed by atoms with van der Waals surface area (Å²) in [6.45, 7) is 3.70. The van der Waals surface area contributed by atoms with Crippen LogP contribution in [0.25, 0.3) is 22.8 Å². The molecule has 3 aromatic heterocycles. The second-order valence-corrected chi connectivity index (χ2v) is 5.38. The molecule has 0 saturated carbocycles. The molecule has 3 heterocycles. The van der Waals surface area contributed by atoms with Crippen LogP contribution in [-0.4, -0.2) is 15.3 Å². The summed E-state index contributed by atoms with van der Waals surface area (Å²) in [4.78, 5) is 4.49. The largest absolute Gasteiger partial charge is 0.468 e. The van der Waals surface area contributed by atoms with Crippen molar-refractivity contribution in [3.05, 3.63) is 29.0 Å². The van der Waals surface area contributed by atoms with Crippen LogP contribution < -0.4 is 0 Å². The van der Waals surface area contributed by atoms with E-state index in [4.69, 9.17) is 13.5 Å².